The van der Waals surface area contributed by atoms with Gasteiger partial charge in [-0.3, -0.25) is 4.68 Å². The Hall–Kier alpha value is -0.560. The minimum Gasteiger partial charge on any atom is -0.372 e. The lowest BCUT2D eigenvalue weighted by atomic mass is 10.3. The maximum atomic E-state index is 12.1. The molecule has 0 fully saturated rings. The highest BCUT2D eigenvalue weighted by atomic mass is 79.9. The maximum absolute atomic E-state index is 12.1. The van der Waals surface area contributed by atoms with Gasteiger partial charge in [0, 0.05) is 12.7 Å². The first kappa shape index (κ1) is 15.5. The highest BCUT2D eigenvalue weighted by molar-refractivity contribution is 9.10. The lowest BCUT2D eigenvalue weighted by Crippen LogP contribution is -2.13. The van der Waals surface area contributed by atoms with E-state index in [4.69, 9.17) is 4.74 Å². The van der Waals surface area contributed by atoms with Gasteiger partial charge < -0.3 is 4.74 Å². The number of hydrogen-bond acceptors (Lipinski definition) is 2. The van der Waals surface area contributed by atoms with Gasteiger partial charge in [0.1, 0.15) is 5.69 Å². The van der Waals surface area contributed by atoms with E-state index in [-0.39, 0.29) is 12.6 Å². The number of hydrogen-bond donors (Lipinski definition) is 0. The van der Waals surface area contributed by atoms with E-state index in [0.29, 0.717) is 16.8 Å². The fourth-order valence-corrected chi connectivity index (χ4v) is 1.66. The molecule has 1 heterocycles. The predicted molar refractivity (Wildman–Crippen MR) is 65.1 cm³/mol. The standard InChI is InChI=1S/C11H16BrF3N2O/c1-3-8(2)18-7-10-9(12)6-17(16-10)5-4-11(13,14)15/h6,8H,3-5,7H2,1-2H3/t8-/m1/s1. The van der Waals surface area contributed by atoms with Gasteiger partial charge in [0.25, 0.3) is 0 Å². The third-order valence-electron chi connectivity index (χ3n) is 2.49. The van der Waals surface area contributed by atoms with E-state index in [0.717, 1.165) is 6.42 Å². The summed E-state index contributed by atoms with van der Waals surface area (Å²) in [6.07, 6.45) is -2.51. The first-order chi connectivity index (χ1) is 8.31. The molecule has 104 valence electrons. The van der Waals surface area contributed by atoms with Crippen molar-refractivity contribution in [3.05, 3.63) is 16.4 Å². The van der Waals surface area contributed by atoms with Gasteiger partial charge in [-0.1, -0.05) is 6.92 Å². The Morgan fingerprint density at radius 3 is 2.72 bits per heavy atom. The zero-order chi connectivity index (χ0) is 13.8. The summed E-state index contributed by atoms with van der Waals surface area (Å²) in [6, 6.07) is 0. The molecule has 18 heavy (non-hydrogen) atoms. The van der Waals surface area contributed by atoms with Crippen LogP contribution in [0.2, 0.25) is 0 Å². The number of rotatable bonds is 6. The van der Waals surface area contributed by atoms with Crippen LogP contribution in [0.15, 0.2) is 10.7 Å². The number of alkyl halides is 3. The van der Waals surface area contributed by atoms with Crippen molar-refractivity contribution in [1.82, 2.24) is 9.78 Å². The number of aryl methyl sites for hydroxylation is 1. The van der Waals surface area contributed by atoms with E-state index >= 15 is 0 Å². The van der Waals surface area contributed by atoms with Gasteiger partial charge in [-0.25, -0.2) is 0 Å². The zero-order valence-corrected chi connectivity index (χ0v) is 11.9. The molecule has 0 aliphatic carbocycles. The topological polar surface area (TPSA) is 27.1 Å². The summed E-state index contributed by atoms with van der Waals surface area (Å²) in [5, 5.41) is 4.06. The van der Waals surface area contributed by atoms with Crippen LogP contribution >= 0.6 is 15.9 Å². The van der Waals surface area contributed by atoms with Crippen molar-refractivity contribution in [3.8, 4) is 0 Å². The van der Waals surface area contributed by atoms with Gasteiger partial charge in [0.2, 0.25) is 0 Å². The van der Waals surface area contributed by atoms with E-state index in [2.05, 4.69) is 21.0 Å². The summed E-state index contributed by atoms with van der Waals surface area (Å²) in [4.78, 5) is 0. The molecule has 0 aliphatic rings. The van der Waals surface area contributed by atoms with Crippen molar-refractivity contribution in [1.29, 1.82) is 0 Å². The SMILES string of the molecule is CC[C@@H](C)OCc1nn(CCC(F)(F)F)cc1Br. The smallest absolute Gasteiger partial charge is 0.372 e. The van der Waals surface area contributed by atoms with Crippen LogP contribution in [-0.4, -0.2) is 22.1 Å². The molecular weight excluding hydrogens is 313 g/mol. The van der Waals surface area contributed by atoms with Crippen molar-refractivity contribution in [2.24, 2.45) is 0 Å². The van der Waals surface area contributed by atoms with Crippen molar-refractivity contribution in [2.75, 3.05) is 0 Å². The van der Waals surface area contributed by atoms with Gasteiger partial charge in [-0.15, -0.1) is 0 Å². The third kappa shape index (κ3) is 5.39. The monoisotopic (exact) mass is 328 g/mol. The highest BCUT2D eigenvalue weighted by Crippen LogP contribution is 2.22. The summed E-state index contributed by atoms with van der Waals surface area (Å²) in [6.45, 7) is 4.07. The molecule has 0 spiro atoms. The maximum Gasteiger partial charge on any atom is 0.390 e. The number of nitrogens with zero attached hydrogens (tertiary/aromatic N) is 2. The van der Waals surface area contributed by atoms with Gasteiger partial charge in [0.05, 0.1) is 23.6 Å². The average Bonchev–Trinajstić information content (AvgIpc) is 2.63. The summed E-state index contributed by atoms with van der Waals surface area (Å²) >= 11 is 3.27. The molecule has 0 bridgehead atoms. The third-order valence-corrected chi connectivity index (χ3v) is 3.15. The first-order valence-corrected chi connectivity index (χ1v) is 6.51. The average molecular weight is 329 g/mol. The van der Waals surface area contributed by atoms with Crippen LogP contribution in [0.5, 0.6) is 0 Å². The van der Waals surface area contributed by atoms with Gasteiger partial charge in [0.15, 0.2) is 0 Å². The van der Waals surface area contributed by atoms with Crippen LogP contribution in [0.25, 0.3) is 0 Å². The lowest BCUT2D eigenvalue weighted by molar-refractivity contribution is -0.137. The molecule has 3 nitrogen and oxygen atoms in total. The molecule has 1 rings (SSSR count). The Morgan fingerprint density at radius 1 is 1.50 bits per heavy atom. The van der Waals surface area contributed by atoms with Gasteiger partial charge in [-0.05, 0) is 29.3 Å². The molecule has 0 N–H and O–H groups in total. The normalized spacial score (nSPS) is 13.9. The number of halogens is 4. The van der Waals surface area contributed by atoms with Crippen molar-refractivity contribution >= 4 is 15.9 Å². The minimum absolute atomic E-state index is 0.109. The second-order valence-electron chi connectivity index (χ2n) is 4.08. The van der Waals surface area contributed by atoms with E-state index in [1.165, 1.54) is 4.68 Å². The second-order valence-corrected chi connectivity index (χ2v) is 4.94. The van der Waals surface area contributed by atoms with E-state index in [9.17, 15) is 13.2 Å². The van der Waals surface area contributed by atoms with Crippen molar-refractivity contribution in [2.45, 2.75) is 52.1 Å². The highest BCUT2D eigenvalue weighted by Gasteiger charge is 2.27. The quantitative estimate of drug-likeness (QED) is 0.791. The Bertz CT molecular complexity index is 379. The second kappa shape index (κ2) is 6.56. The molecule has 0 aliphatic heterocycles. The summed E-state index contributed by atoms with van der Waals surface area (Å²) in [5.41, 5.74) is 0.623. The van der Waals surface area contributed by atoms with Crippen LogP contribution in [0.4, 0.5) is 13.2 Å². The van der Waals surface area contributed by atoms with Crippen LogP contribution in [-0.2, 0) is 17.9 Å². The fourth-order valence-electron chi connectivity index (χ4n) is 1.23. The van der Waals surface area contributed by atoms with Crippen LogP contribution in [0, 0.1) is 0 Å². The van der Waals surface area contributed by atoms with E-state index in [1.807, 2.05) is 13.8 Å². The van der Waals surface area contributed by atoms with Crippen LogP contribution < -0.4 is 0 Å². The Morgan fingerprint density at radius 2 is 2.17 bits per heavy atom. The summed E-state index contributed by atoms with van der Waals surface area (Å²) in [5.74, 6) is 0. The first-order valence-electron chi connectivity index (χ1n) is 5.72. The predicted octanol–water partition coefficient (Wildman–Crippen LogP) is 3.91. The fraction of sp³-hybridized carbons (Fsp3) is 0.727. The van der Waals surface area contributed by atoms with Crippen molar-refractivity contribution < 1.29 is 17.9 Å². The van der Waals surface area contributed by atoms with Crippen LogP contribution in [0.1, 0.15) is 32.4 Å². The molecule has 1 aromatic heterocycles. The van der Waals surface area contributed by atoms with E-state index < -0.39 is 12.6 Å². The Labute approximate surface area is 112 Å². The molecule has 0 saturated heterocycles. The molecule has 1 atom stereocenters. The minimum atomic E-state index is -4.16. The largest absolute Gasteiger partial charge is 0.390 e. The molecule has 0 saturated carbocycles. The molecular formula is C11H16BrF3N2O. The zero-order valence-electron chi connectivity index (χ0n) is 10.3. The van der Waals surface area contributed by atoms with E-state index in [1.54, 1.807) is 6.20 Å². The molecule has 7 heteroatoms. The molecule has 0 aromatic carbocycles. The molecule has 0 radical (unpaired) electrons. The Balaban J connectivity index is 2.53. The molecule has 0 unspecified atom stereocenters. The van der Waals surface area contributed by atoms with Crippen molar-refractivity contribution in [3.63, 3.8) is 0 Å². The molecule has 1 aromatic rings. The Kier molecular flexibility index (Phi) is 5.65. The number of aromatic nitrogens is 2. The van der Waals surface area contributed by atoms with Gasteiger partial charge >= 0.3 is 6.18 Å². The lowest BCUT2D eigenvalue weighted by Gasteiger charge is -2.09. The summed E-state index contributed by atoms with van der Waals surface area (Å²) in [7, 11) is 0. The van der Waals surface area contributed by atoms with Crippen LogP contribution in [0.3, 0.4) is 0 Å². The molecule has 0 amide bonds. The summed E-state index contributed by atoms with van der Waals surface area (Å²) < 4.78 is 43.7. The number of ether oxygens (including phenoxy) is 1. The van der Waals surface area contributed by atoms with Gasteiger partial charge in [-0.2, -0.15) is 18.3 Å².